The van der Waals surface area contributed by atoms with Crippen LogP contribution in [0.15, 0.2) is 34.9 Å². The molecule has 0 saturated heterocycles. The highest BCUT2D eigenvalue weighted by Gasteiger charge is 2.28. The standard InChI is InChI=1S/C19H20N2O2/c1-11-10-23-12(2)16(11)18-17(13-5-7-14(22)8-6-13)15-4-3-9-21(15)19(18)20/h5-8,10,22H,3-4,9,20H2,1-2H3. The van der Waals surface area contributed by atoms with Crippen molar-refractivity contribution in [2.75, 3.05) is 5.73 Å². The molecule has 4 nitrogen and oxygen atoms in total. The Bertz CT molecular complexity index is 866. The number of hydrogen-bond acceptors (Lipinski definition) is 3. The first-order valence-corrected chi connectivity index (χ1v) is 7.93. The molecule has 1 aliphatic heterocycles. The molecule has 1 aliphatic rings. The third-order valence-corrected chi connectivity index (χ3v) is 4.77. The van der Waals surface area contributed by atoms with Crippen molar-refractivity contribution in [1.82, 2.24) is 4.57 Å². The van der Waals surface area contributed by atoms with Crippen LogP contribution in [0.25, 0.3) is 22.3 Å². The number of nitrogens with zero attached hydrogens (tertiary/aromatic N) is 1. The van der Waals surface area contributed by atoms with Crippen molar-refractivity contribution in [3.63, 3.8) is 0 Å². The molecule has 4 rings (SSSR count). The highest BCUT2D eigenvalue weighted by Crippen LogP contribution is 2.46. The minimum absolute atomic E-state index is 0.273. The van der Waals surface area contributed by atoms with E-state index in [1.54, 1.807) is 18.4 Å². The summed E-state index contributed by atoms with van der Waals surface area (Å²) < 4.78 is 7.84. The average molecular weight is 308 g/mol. The molecule has 23 heavy (non-hydrogen) atoms. The summed E-state index contributed by atoms with van der Waals surface area (Å²) in [6, 6.07) is 7.36. The second kappa shape index (κ2) is 4.95. The molecule has 0 unspecified atom stereocenters. The van der Waals surface area contributed by atoms with Gasteiger partial charge in [0.25, 0.3) is 0 Å². The van der Waals surface area contributed by atoms with Crippen LogP contribution in [0.5, 0.6) is 5.75 Å². The van der Waals surface area contributed by atoms with Gasteiger partial charge in [0.05, 0.1) is 6.26 Å². The normalized spacial score (nSPS) is 13.5. The van der Waals surface area contributed by atoms with Crippen molar-refractivity contribution < 1.29 is 9.52 Å². The smallest absolute Gasteiger partial charge is 0.115 e. The van der Waals surface area contributed by atoms with Crippen molar-refractivity contribution in [1.29, 1.82) is 0 Å². The molecule has 0 radical (unpaired) electrons. The van der Waals surface area contributed by atoms with Gasteiger partial charge in [-0.3, -0.25) is 0 Å². The van der Waals surface area contributed by atoms with Crippen molar-refractivity contribution in [2.45, 2.75) is 33.2 Å². The summed E-state index contributed by atoms with van der Waals surface area (Å²) in [7, 11) is 0. The number of benzene rings is 1. The molecule has 118 valence electrons. The molecule has 0 bridgehead atoms. The Labute approximate surface area is 135 Å². The number of phenols is 1. The highest BCUT2D eigenvalue weighted by molar-refractivity contribution is 5.94. The van der Waals surface area contributed by atoms with E-state index in [4.69, 9.17) is 10.2 Å². The first-order valence-electron chi connectivity index (χ1n) is 7.93. The Kier molecular flexibility index (Phi) is 3.01. The Morgan fingerprint density at radius 3 is 2.48 bits per heavy atom. The van der Waals surface area contributed by atoms with Crippen LogP contribution in [0.4, 0.5) is 5.82 Å². The maximum Gasteiger partial charge on any atom is 0.115 e. The molecular weight excluding hydrogens is 288 g/mol. The fourth-order valence-electron chi connectivity index (χ4n) is 3.75. The van der Waals surface area contributed by atoms with Gasteiger partial charge in [0, 0.05) is 28.9 Å². The lowest BCUT2D eigenvalue weighted by Crippen LogP contribution is -1.99. The van der Waals surface area contributed by atoms with Crippen LogP contribution in [-0.4, -0.2) is 9.67 Å². The molecule has 1 aromatic carbocycles. The molecular formula is C19H20N2O2. The molecule has 3 heterocycles. The van der Waals surface area contributed by atoms with Crippen molar-refractivity contribution in [3.05, 3.63) is 47.5 Å². The molecule has 4 heteroatoms. The quantitative estimate of drug-likeness (QED) is 0.743. The molecule has 2 aromatic heterocycles. The number of rotatable bonds is 2. The largest absolute Gasteiger partial charge is 0.508 e. The fourth-order valence-corrected chi connectivity index (χ4v) is 3.75. The van der Waals surface area contributed by atoms with Crippen LogP contribution in [0.3, 0.4) is 0 Å². The van der Waals surface area contributed by atoms with Gasteiger partial charge in [0.1, 0.15) is 17.3 Å². The summed E-state index contributed by atoms with van der Waals surface area (Å²) in [4.78, 5) is 0. The van der Waals surface area contributed by atoms with Crippen LogP contribution < -0.4 is 5.73 Å². The second-order valence-electron chi connectivity index (χ2n) is 6.23. The molecule has 0 atom stereocenters. The average Bonchev–Trinajstić information content (AvgIpc) is 3.19. The van der Waals surface area contributed by atoms with Crippen molar-refractivity contribution in [3.8, 4) is 28.0 Å². The van der Waals surface area contributed by atoms with E-state index in [0.29, 0.717) is 0 Å². The summed E-state index contributed by atoms with van der Waals surface area (Å²) in [5, 5.41) is 9.60. The molecule has 3 aromatic rings. The number of anilines is 1. The van der Waals surface area contributed by atoms with Gasteiger partial charge in [-0.1, -0.05) is 12.1 Å². The summed E-state index contributed by atoms with van der Waals surface area (Å²) >= 11 is 0. The lowest BCUT2D eigenvalue weighted by Gasteiger charge is -2.09. The molecule has 0 amide bonds. The van der Waals surface area contributed by atoms with Crippen LogP contribution in [0.2, 0.25) is 0 Å². The van der Waals surface area contributed by atoms with E-state index < -0.39 is 0 Å². The van der Waals surface area contributed by atoms with E-state index in [1.165, 1.54) is 11.3 Å². The number of aromatic nitrogens is 1. The topological polar surface area (TPSA) is 64.3 Å². The second-order valence-corrected chi connectivity index (χ2v) is 6.23. The monoisotopic (exact) mass is 308 g/mol. The van der Waals surface area contributed by atoms with Gasteiger partial charge < -0.3 is 19.8 Å². The molecule has 0 saturated carbocycles. The minimum Gasteiger partial charge on any atom is -0.508 e. The Balaban J connectivity index is 2.05. The van der Waals surface area contributed by atoms with E-state index in [0.717, 1.165) is 53.2 Å². The highest BCUT2D eigenvalue weighted by atomic mass is 16.3. The first kappa shape index (κ1) is 14.0. The SMILES string of the molecule is Cc1coc(C)c1-c1c(-c2ccc(O)cc2)c2n(c1N)CCC2. The van der Waals surface area contributed by atoms with E-state index in [9.17, 15) is 5.11 Å². The van der Waals surface area contributed by atoms with Gasteiger partial charge in [0.2, 0.25) is 0 Å². The van der Waals surface area contributed by atoms with E-state index in [1.807, 2.05) is 19.1 Å². The summed E-state index contributed by atoms with van der Waals surface area (Å²) in [5.41, 5.74) is 13.3. The van der Waals surface area contributed by atoms with Crippen molar-refractivity contribution >= 4 is 5.82 Å². The lowest BCUT2D eigenvalue weighted by atomic mass is 9.93. The van der Waals surface area contributed by atoms with Gasteiger partial charge in [0.15, 0.2) is 0 Å². The fraction of sp³-hybridized carbons (Fsp3) is 0.263. The van der Waals surface area contributed by atoms with Crippen LogP contribution in [0, 0.1) is 13.8 Å². The number of aryl methyl sites for hydroxylation is 2. The third-order valence-electron chi connectivity index (χ3n) is 4.77. The molecule has 3 N–H and O–H groups in total. The molecule has 0 spiro atoms. The minimum atomic E-state index is 0.273. The van der Waals surface area contributed by atoms with Gasteiger partial charge >= 0.3 is 0 Å². The van der Waals surface area contributed by atoms with Gasteiger partial charge in [-0.15, -0.1) is 0 Å². The summed E-state index contributed by atoms with van der Waals surface area (Å²) in [5.74, 6) is 1.97. The predicted molar refractivity (Wildman–Crippen MR) is 91.4 cm³/mol. The van der Waals surface area contributed by atoms with E-state index >= 15 is 0 Å². The zero-order valence-electron chi connectivity index (χ0n) is 13.4. The van der Waals surface area contributed by atoms with Crippen LogP contribution in [0.1, 0.15) is 23.4 Å². The number of phenolic OH excluding ortho intramolecular Hbond substituents is 1. The third kappa shape index (κ3) is 1.98. The number of hydrogen-bond donors (Lipinski definition) is 2. The zero-order valence-corrected chi connectivity index (χ0v) is 13.4. The van der Waals surface area contributed by atoms with Crippen molar-refractivity contribution in [2.24, 2.45) is 0 Å². The van der Waals surface area contributed by atoms with Gasteiger partial charge in [-0.25, -0.2) is 0 Å². The van der Waals surface area contributed by atoms with Crippen LogP contribution in [-0.2, 0) is 13.0 Å². The number of fused-ring (bicyclic) bond motifs is 1. The Morgan fingerprint density at radius 1 is 1.09 bits per heavy atom. The first-order chi connectivity index (χ1) is 11.1. The molecule has 0 fully saturated rings. The number of furan rings is 1. The maximum atomic E-state index is 9.60. The Morgan fingerprint density at radius 2 is 1.83 bits per heavy atom. The predicted octanol–water partition coefficient (Wildman–Crippen LogP) is 4.27. The zero-order chi connectivity index (χ0) is 16.1. The molecule has 0 aliphatic carbocycles. The number of aromatic hydroxyl groups is 1. The summed E-state index contributed by atoms with van der Waals surface area (Å²) in [6.07, 6.45) is 3.93. The summed E-state index contributed by atoms with van der Waals surface area (Å²) in [6.45, 7) is 4.99. The number of nitrogens with two attached hydrogens (primary N) is 1. The Hall–Kier alpha value is -2.62. The lowest BCUT2D eigenvalue weighted by molar-refractivity contribution is 0.475. The number of nitrogen functional groups attached to an aromatic ring is 1. The van der Waals surface area contributed by atoms with Crippen LogP contribution >= 0.6 is 0 Å². The van der Waals surface area contributed by atoms with Gasteiger partial charge in [-0.05, 0) is 49.9 Å². The van der Waals surface area contributed by atoms with Gasteiger partial charge in [-0.2, -0.15) is 0 Å². The van der Waals surface area contributed by atoms with E-state index in [2.05, 4.69) is 11.5 Å². The van der Waals surface area contributed by atoms with E-state index in [-0.39, 0.29) is 5.75 Å². The maximum absolute atomic E-state index is 9.60.